The van der Waals surface area contributed by atoms with Gasteiger partial charge in [0, 0.05) is 29.1 Å². The van der Waals surface area contributed by atoms with Crippen molar-refractivity contribution >= 4 is 50.7 Å². The van der Waals surface area contributed by atoms with Crippen LogP contribution in [0.1, 0.15) is 42.5 Å². The number of anilines is 1. The summed E-state index contributed by atoms with van der Waals surface area (Å²) in [7, 11) is -4.23. The highest BCUT2D eigenvalue weighted by Crippen LogP contribution is 2.29. The first-order chi connectivity index (χ1) is 21.9. The molecular weight excluding hydrogens is 641 g/mol. The molecule has 0 spiro atoms. The number of hydrogen-bond acceptors (Lipinski definition) is 4. The third kappa shape index (κ3) is 8.90. The number of halogens is 2. The molecule has 0 aliphatic rings. The maximum absolute atomic E-state index is 14.6. The van der Waals surface area contributed by atoms with Crippen LogP contribution in [0.3, 0.4) is 0 Å². The third-order valence-corrected chi connectivity index (χ3v) is 10.3. The van der Waals surface area contributed by atoms with Crippen LogP contribution in [0.15, 0.2) is 102 Å². The van der Waals surface area contributed by atoms with E-state index in [1.165, 1.54) is 23.1 Å². The van der Waals surface area contributed by atoms with E-state index in [1.807, 2.05) is 64.1 Å². The summed E-state index contributed by atoms with van der Waals surface area (Å²) in [6.07, 6.45) is 0.916. The van der Waals surface area contributed by atoms with Crippen molar-refractivity contribution in [3.8, 4) is 0 Å². The molecule has 4 aromatic carbocycles. The first-order valence-electron chi connectivity index (χ1n) is 15.1. The van der Waals surface area contributed by atoms with Crippen molar-refractivity contribution in [2.45, 2.75) is 64.1 Å². The average molecular weight is 681 g/mol. The number of carbonyl (C=O) groups excluding carboxylic acids is 2. The van der Waals surface area contributed by atoms with Crippen molar-refractivity contribution in [2.24, 2.45) is 0 Å². The van der Waals surface area contributed by atoms with Crippen LogP contribution in [0.4, 0.5) is 5.69 Å². The molecule has 7 nitrogen and oxygen atoms in total. The zero-order chi connectivity index (χ0) is 33.4. The number of benzene rings is 4. The number of rotatable bonds is 13. The van der Waals surface area contributed by atoms with Crippen LogP contribution in [0.25, 0.3) is 0 Å². The van der Waals surface area contributed by atoms with Crippen LogP contribution < -0.4 is 9.62 Å². The summed E-state index contributed by atoms with van der Waals surface area (Å²) in [5.41, 5.74) is 3.43. The number of aryl methyl sites for hydroxylation is 2. The minimum Gasteiger partial charge on any atom is -0.352 e. The number of sulfonamides is 1. The molecule has 4 aromatic rings. The molecule has 0 fully saturated rings. The number of nitrogens with zero attached hydrogens (tertiary/aromatic N) is 2. The minimum atomic E-state index is -4.23. The number of carbonyl (C=O) groups is 2. The van der Waals surface area contributed by atoms with Gasteiger partial charge in [0.2, 0.25) is 11.8 Å². The van der Waals surface area contributed by atoms with E-state index in [0.717, 1.165) is 21.0 Å². The fourth-order valence-electron chi connectivity index (χ4n) is 4.93. The molecule has 1 N–H and O–H groups in total. The second kappa shape index (κ2) is 15.6. The lowest BCUT2D eigenvalue weighted by molar-refractivity contribution is -0.140. The summed E-state index contributed by atoms with van der Waals surface area (Å²) in [5, 5.41) is 3.87. The highest BCUT2D eigenvalue weighted by Gasteiger charge is 2.35. The van der Waals surface area contributed by atoms with Crippen molar-refractivity contribution < 1.29 is 18.0 Å². The lowest BCUT2D eigenvalue weighted by atomic mass is 10.0. The van der Waals surface area contributed by atoms with E-state index in [0.29, 0.717) is 22.0 Å². The van der Waals surface area contributed by atoms with Crippen molar-refractivity contribution in [1.29, 1.82) is 0 Å². The molecule has 10 heteroatoms. The van der Waals surface area contributed by atoms with E-state index in [9.17, 15) is 18.0 Å². The minimum absolute atomic E-state index is 0.0257. The molecule has 242 valence electrons. The Morgan fingerprint density at radius 1 is 0.848 bits per heavy atom. The van der Waals surface area contributed by atoms with Crippen LogP contribution >= 0.6 is 23.2 Å². The average Bonchev–Trinajstić information content (AvgIpc) is 3.03. The standard InChI is InChI=1S/C36H39Cl2N3O4S/c1-5-27(4)39-36(43)34(21-28-10-7-6-8-11-28)40(23-29-12-9-13-30(37)20-29)35(42)24-41(31-17-16-26(3)33(38)22-31)46(44,45)32-18-14-25(2)15-19-32/h6-20,22,27,34H,5,21,23-24H2,1-4H3,(H,39,43). The normalized spacial score (nSPS) is 12.7. The number of amides is 2. The molecule has 0 aromatic heterocycles. The number of hydrogen-bond donors (Lipinski definition) is 1. The van der Waals surface area contributed by atoms with Crippen LogP contribution in [0.5, 0.6) is 0 Å². The Morgan fingerprint density at radius 2 is 1.52 bits per heavy atom. The third-order valence-electron chi connectivity index (χ3n) is 7.85. The molecule has 2 unspecified atom stereocenters. The van der Waals surface area contributed by atoms with Gasteiger partial charge in [-0.2, -0.15) is 0 Å². The maximum atomic E-state index is 14.6. The lowest BCUT2D eigenvalue weighted by Gasteiger charge is -2.34. The maximum Gasteiger partial charge on any atom is 0.264 e. The van der Waals surface area contributed by atoms with Gasteiger partial charge in [0.15, 0.2) is 0 Å². The van der Waals surface area contributed by atoms with Crippen molar-refractivity contribution in [1.82, 2.24) is 10.2 Å². The highest BCUT2D eigenvalue weighted by atomic mass is 35.5. The lowest BCUT2D eigenvalue weighted by Crippen LogP contribution is -2.54. The Morgan fingerprint density at radius 3 is 2.15 bits per heavy atom. The van der Waals surface area contributed by atoms with E-state index >= 15 is 0 Å². The van der Waals surface area contributed by atoms with Gasteiger partial charge in [0.05, 0.1) is 10.6 Å². The van der Waals surface area contributed by atoms with Gasteiger partial charge >= 0.3 is 0 Å². The van der Waals surface area contributed by atoms with Crippen LogP contribution in [0, 0.1) is 13.8 Å². The molecule has 0 saturated heterocycles. The quantitative estimate of drug-likeness (QED) is 0.160. The predicted molar refractivity (Wildman–Crippen MR) is 186 cm³/mol. The molecule has 2 amide bonds. The largest absolute Gasteiger partial charge is 0.352 e. The van der Waals surface area contributed by atoms with Gasteiger partial charge < -0.3 is 10.2 Å². The van der Waals surface area contributed by atoms with Crippen molar-refractivity contribution in [3.63, 3.8) is 0 Å². The molecule has 2 atom stereocenters. The van der Waals surface area contributed by atoms with Crippen molar-refractivity contribution in [2.75, 3.05) is 10.8 Å². The van der Waals surface area contributed by atoms with E-state index in [1.54, 1.807) is 42.5 Å². The Hall–Kier alpha value is -3.85. The van der Waals surface area contributed by atoms with Gasteiger partial charge in [-0.05, 0) is 80.3 Å². The summed E-state index contributed by atoms with van der Waals surface area (Å²) in [6.45, 7) is 7.00. The van der Waals surface area contributed by atoms with E-state index in [4.69, 9.17) is 23.2 Å². The van der Waals surface area contributed by atoms with Gasteiger partial charge in [-0.15, -0.1) is 0 Å². The highest BCUT2D eigenvalue weighted by molar-refractivity contribution is 7.92. The van der Waals surface area contributed by atoms with E-state index in [-0.39, 0.29) is 35.5 Å². The monoisotopic (exact) mass is 679 g/mol. The fourth-order valence-corrected chi connectivity index (χ4v) is 6.72. The second-order valence-corrected chi connectivity index (χ2v) is 14.1. The Kier molecular flexibility index (Phi) is 11.9. The Balaban J connectivity index is 1.83. The summed E-state index contributed by atoms with van der Waals surface area (Å²) >= 11 is 12.8. The van der Waals surface area contributed by atoms with Gasteiger partial charge in [-0.3, -0.25) is 13.9 Å². The molecule has 0 heterocycles. The molecule has 0 saturated carbocycles. The van der Waals surface area contributed by atoms with Crippen LogP contribution in [0.2, 0.25) is 10.0 Å². The van der Waals surface area contributed by atoms with Gasteiger partial charge in [-0.25, -0.2) is 8.42 Å². The Labute approximate surface area is 282 Å². The first-order valence-corrected chi connectivity index (χ1v) is 17.3. The topological polar surface area (TPSA) is 86.8 Å². The summed E-state index contributed by atoms with van der Waals surface area (Å²) in [4.78, 5) is 30.0. The summed E-state index contributed by atoms with van der Waals surface area (Å²) in [6, 6.07) is 26.7. The van der Waals surface area contributed by atoms with Gasteiger partial charge in [0.1, 0.15) is 12.6 Å². The zero-order valence-electron chi connectivity index (χ0n) is 26.4. The smallest absolute Gasteiger partial charge is 0.264 e. The molecule has 0 aliphatic heterocycles. The van der Waals surface area contributed by atoms with Crippen LogP contribution in [-0.2, 0) is 32.6 Å². The molecule has 0 aliphatic carbocycles. The van der Waals surface area contributed by atoms with E-state index < -0.39 is 28.5 Å². The first kappa shape index (κ1) is 35.0. The van der Waals surface area contributed by atoms with Gasteiger partial charge in [0.25, 0.3) is 10.0 Å². The van der Waals surface area contributed by atoms with Crippen LogP contribution in [-0.4, -0.2) is 43.8 Å². The number of nitrogens with one attached hydrogen (secondary N) is 1. The molecule has 0 bridgehead atoms. The predicted octanol–water partition coefficient (Wildman–Crippen LogP) is 7.36. The molecule has 4 rings (SSSR count). The SMILES string of the molecule is CCC(C)NC(=O)C(Cc1ccccc1)N(Cc1cccc(Cl)c1)C(=O)CN(c1ccc(C)c(Cl)c1)S(=O)(=O)c1ccc(C)cc1. The van der Waals surface area contributed by atoms with E-state index in [2.05, 4.69) is 5.32 Å². The molecule has 0 radical (unpaired) electrons. The van der Waals surface area contributed by atoms with Gasteiger partial charge in [-0.1, -0.05) is 96.4 Å². The fraction of sp³-hybridized carbons (Fsp3) is 0.278. The molecule has 46 heavy (non-hydrogen) atoms. The second-order valence-electron chi connectivity index (χ2n) is 11.4. The Bertz CT molecular complexity index is 1770. The molecular formula is C36H39Cl2N3O4S. The summed E-state index contributed by atoms with van der Waals surface area (Å²) < 4.78 is 29.4. The zero-order valence-corrected chi connectivity index (χ0v) is 28.7. The summed E-state index contributed by atoms with van der Waals surface area (Å²) in [5.74, 6) is -0.896. The van der Waals surface area contributed by atoms with Crippen molar-refractivity contribution in [3.05, 3.63) is 129 Å².